The largest absolute Gasteiger partial charge is 0.274 e. The van der Waals surface area contributed by atoms with Crippen molar-refractivity contribution < 1.29 is 0 Å². The number of fused-ring (bicyclic) bond motifs is 2. The summed E-state index contributed by atoms with van der Waals surface area (Å²) in [6.07, 6.45) is 3.20. The molecule has 0 saturated heterocycles. The van der Waals surface area contributed by atoms with Crippen molar-refractivity contribution in [1.29, 1.82) is 0 Å². The van der Waals surface area contributed by atoms with E-state index in [1.807, 2.05) is 28.9 Å². The molecule has 0 amide bonds. The minimum atomic E-state index is 0.193. The van der Waals surface area contributed by atoms with E-state index in [0.29, 0.717) is 0 Å². The van der Waals surface area contributed by atoms with Gasteiger partial charge in [0.05, 0.1) is 16.7 Å². The van der Waals surface area contributed by atoms with Gasteiger partial charge in [0.15, 0.2) is 0 Å². The average molecular weight is 371 g/mol. The zero-order valence-electron chi connectivity index (χ0n) is 13.5. The van der Waals surface area contributed by atoms with Gasteiger partial charge in [0.25, 0.3) is 0 Å². The molecule has 1 aromatic carbocycles. The Morgan fingerprint density at radius 1 is 1.20 bits per heavy atom. The molecule has 1 N–H and O–H groups in total. The highest BCUT2D eigenvalue weighted by atomic mass is 35.5. The highest BCUT2D eigenvalue weighted by Crippen LogP contribution is 2.35. The molecule has 126 valence electrons. The highest BCUT2D eigenvalue weighted by molar-refractivity contribution is 8.00. The maximum Gasteiger partial charge on any atom is 0.213 e. The number of aromatic amines is 1. The van der Waals surface area contributed by atoms with Crippen molar-refractivity contribution in [1.82, 2.24) is 25.1 Å². The lowest BCUT2D eigenvalue weighted by Gasteiger charge is -2.19. The summed E-state index contributed by atoms with van der Waals surface area (Å²) in [4.78, 5) is 0. The molecule has 3 heterocycles. The number of aryl methyl sites for hydroxylation is 1. The molecule has 5 rings (SSSR count). The molecule has 2 aromatic heterocycles. The molecule has 1 aliphatic carbocycles. The van der Waals surface area contributed by atoms with Crippen LogP contribution in [0.15, 0.2) is 34.5 Å². The molecule has 25 heavy (non-hydrogen) atoms. The fourth-order valence-electron chi connectivity index (χ4n) is 3.40. The van der Waals surface area contributed by atoms with Crippen LogP contribution in [0.1, 0.15) is 30.2 Å². The van der Waals surface area contributed by atoms with Crippen LogP contribution in [0.4, 0.5) is 0 Å². The number of halogens is 1. The van der Waals surface area contributed by atoms with E-state index >= 15 is 0 Å². The Labute approximate surface area is 153 Å². The normalized spacial score (nSPS) is 18.8. The fourth-order valence-corrected chi connectivity index (χ4v) is 4.45. The van der Waals surface area contributed by atoms with Gasteiger partial charge < -0.3 is 0 Å². The van der Waals surface area contributed by atoms with Crippen molar-refractivity contribution in [2.24, 2.45) is 5.10 Å². The van der Waals surface area contributed by atoms with Gasteiger partial charge in [-0.15, -0.1) is 10.2 Å². The monoisotopic (exact) mass is 370 g/mol. The Bertz CT molecular complexity index is 987. The maximum absolute atomic E-state index is 6.02. The summed E-state index contributed by atoms with van der Waals surface area (Å²) in [5.41, 5.74) is 5.39. The zero-order valence-corrected chi connectivity index (χ0v) is 15.1. The van der Waals surface area contributed by atoms with Gasteiger partial charge >= 0.3 is 0 Å². The van der Waals surface area contributed by atoms with Crippen LogP contribution in [0.25, 0.3) is 11.5 Å². The van der Waals surface area contributed by atoms with Gasteiger partial charge in [0, 0.05) is 10.6 Å². The average Bonchev–Trinajstić information content (AvgIpc) is 3.30. The van der Waals surface area contributed by atoms with Gasteiger partial charge in [-0.05, 0) is 43.9 Å². The molecule has 0 saturated carbocycles. The molecule has 3 aromatic rings. The summed E-state index contributed by atoms with van der Waals surface area (Å²) in [7, 11) is 0. The molecule has 6 nitrogen and oxygen atoms in total. The molecule has 0 fully saturated rings. The van der Waals surface area contributed by atoms with E-state index < -0.39 is 0 Å². The predicted molar refractivity (Wildman–Crippen MR) is 98.3 cm³/mol. The number of hydrogen-bond donors (Lipinski definition) is 1. The lowest BCUT2D eigenvalue weighted by molar-refractivity contribution is 0.750. The first kappa shape index (κ1) is 15.2. The first-order chi connectivity index (χ1) is 12.2. The topological polar surface area (TPSA) is 71.8 Å². The second kappa shape index (κ2) is 5.71. The second-order valence-electron chi connectivity index (χ2n) is 6.25. The van der Waals surface area contributed by atoms with Crippen LogP contribution in [0.3, 0.4) is 0 Å². The van der Waals surface area contributed by atoms with Gasteiger partial charge in [-0.3, -0.25) is 5.10 Å². The molecule has 1 unspecified atom stereocenters. The molecular weight excluding hydrogens is 356 g/mol. The Morgan fingerprint density at radius 3 is 2.88 bits per heavy atom. The van der Waals surface area contributed by atoms with E-state index in [4.69, 9.17) is 16.7 Å². The third-order valence-corrected chi connectivity index (χ3v) is 5.94. The van der Waals surface area contributed by atoms with E-state index in [9.17, 15) is 0 Å². The summed E-state index contributed by atoms with van der Waals surface area (Å²) >= 11 is 7.68. The Morgan fingerprint density at radius 2 is 2.04 bits per heavy atom. The smallest absolute Gasteiger partial charge is 0.213 e. The van der Waals surface area contributed by atoms with Crippen molar-refractivity contribution in [3.8, 4) is 11.5 Å². The SMILES string of the molecule is CC1Sc2nnc(-c3[nH]nc4c3CCC4)n2N=C1c1ccc(Cl)cc1. The van der Waals surface area contributed by atoms with Crippen LogP contribution in [-0.2, 0) is 12.8 Å². The van der Waals surface area contributed by atoms with E-state index in [1.54, 1.807) is 11.8 Å². The maximum atomic E-state index is 6.02. The van der Waals surface area contributed by atoms with E-state index in [1.165, 1.54) is 5.56 Å². The predicted octanol–water partition coefficient (Wildman–Crippen LogP) is 3.56. The van der Waals surface area contributed by atoms with Crippen LogP contribution in [0.2, 0.25) is 5.02 Å². The Kier molecular flexibility index (Phi) is 3.46. The number of nitrogens with one attached hydrogen (secondary N) is 1. The Hall–Kier alpha value is -2.12. The molecule has 8 heteroatoms. The van der Waals surface area contributed by atoms with E-state index in [2.05, 4.69) is 27.3 Å². The first-order valence-electron chi connectivity index (χ1n) is 8.24. The summed E-state index contributed by atoms with van der Waals surface area (Å²) in [5, 5.41) is 22.9. The number of benzene rings is 1. The van der Waals surface area contributed by atoms with Crippen molar-refractivity contribution in [3.05, 3.63) is 46.1 Å². The standard InChI is InChI=1S/C17H15ClN6S/c1-9-14(10-5-7-11(18)8-6-10)23-24-16(21-22-17(24)25-9)15-12-3-2-4-13(12)19-20-15/h5-9H,2-4H2,1H3,(H,19,20). The second-order valence-corrected chi connectivity index (χ2v) is 7.99. The van der Waals surface area contributed by atoms with Gasteiger partial charge in [-0.1, -0.05) is 35.5 Å². The minimum Gasteiger partial charge on any atom is -0.274 e. The van der Waals surface area contributed by atoms with E-state index in [-0.39, 0.29) is 5.25 Å². The van der Waals surface area contributed by atoms with Crippen LogP contribution < -0.4 is 0 Å². The van der Waals surface area contributed by atoms with Crippen molar-refractivity contribution in [2.75, 3.05) is 0 Å². The van der Waals surface area contributed by atoms with Gasteiger partial charge in [-0.25, -0.2) is 0 Å². The molecule has 0 bridgehead atoms. The van der Waals surface area contributed by atoms with E-state index in [0.717, 1.165) is 57.9 Å². The number of thioether (sulfide) groups is 1. The van der Waals surface area contributed by atoms with Crippen LogP contribution >= 0.6 is 23.4 Å². The molecule has 2 aliphatic rings. The zero-order chi connectivity index (χ0) is 17.0. The number of aromatic nitrogens is 5. The van der Waals surface area contributed by atoms with Gasteiger partial charge in [0.1, 0.15) is 5.69 Å². The third kappa shape index (κ3) is 2.41. The van der Waals surface area contributed by atoms with Crippen LogP contribution in [0.5, 0.6) is 0 Å². The molecule has 1 aliphatic heterocycles. The van der Waals surface area contributed by atoms with Crippen molar-refractivity contribution >= 4 is 29.1 Å². The fraction of sp³-hybridized carbons (Fsp3) is 0.294. The molecule has 0 radical (unpaired) electrons. The summed E-state index contributed by atoms with van der Waals surface area (Å²) < 4.78 is 1.83. The van der Waals surface area contributed by atoms with Gasteiger partial charge in [-0.2, -0.15) is 14.9 Å². The van der Waals surface area contributed by atoms with Crippen LogP contribution in [0, 0.1) is 0 Å². The third-order valence-electron chi connectivity index (χ3n) is 4.64. The first-order valence-corrected chi connectivity index (χ1v) is 9.50. The van der Waals surface area contributed by atoms with Crippen LogP contribution in [-0.4, -0.2) is 36.0 Å². The Balaban J connectivity index is 1.63. The lowest BCUT2D eigenvalue weighted by atomic mass is 10.1. The van der Waals surface area contributed by atoms with Gasteiger partial charge in [0.2, 0.25) is 11.0 Å². The highest BCUT2D eigenvalue weighted by Gasteiger charge is 2.29. The molecule has 0 spiro atoms. The number of nitrogens with zero attached hydrogens (tertiary/aromatic N) is 5. The lowest BCUT2D eigenvalue weighted by Crippen LogP contribution is -2.21. The number of rotatable bonds is 2. The minimum absolute atomic E-state index is 0.193. The summed E-state index contributed by atoms with van der Waals surface area (Å²) in [6, 6.07) is 7.78. The molecular formula is C17H15ClN6S. The van der Waals surface area contributed by atoms with Crippen molar-refractivity contribution in [3.63, 3.8) is 0 Å². The summed E-state index contributed by atoms with van der Waals surface area (Å²) in [6.45, 7) is 2.13. The number of hydrogen-bond acceptors (Lipinski definition) is 5. The quantitative estimate of drug-likeness (QED) is 0.748. The van der Waals surface area contributed by atoms with Crippen molar-refractivity contribution in [2.45, 2.75) is 36.6 Å². The summed E-state index contributed by atoms with van der Waals surface area (Å²) in [5.74, 6) is 0.733. The number of H-pyrrole nitrogens is 1. The molecule has 1 atom stereocenters.